The average Bonchev–Trinajstić information content (AvgIpc) is 1.70. The van der Waals surface area contributed by atoms with Crippen molar-refractivity contribution in [2.75, 3.05) is 0 Å². The molecule has 0 aromatic carbocycles. The Hall–Kier alpha value is 2.49. The molecule has 0 aliphatic rings. The Morgan fingerprint density at radius 3 is 0.727 bits per heavy atom. The van der Waals surface area contributed by atoms with Crippen LogP contribution < -0.4 is 12.5 Å². The fraction of sp³-hybridized carbons (Fsp3) is 0. The van der Waals surface area contributed by atoms with Crippen LogP contribution in [0.25, 0.3) is 0 Å². The monoisotopic (exact) mass is 370 g/mol. The molecule has 0 amide bonds. The van der Waals surface area contributed by atoms with Gasteiger partial charge in [0.15, 0.2) is 0 Å². The summed E-state index contributed by atoms with van der Waals surface area (Å²) >= 11 is -5.25. The van der Waals surface area contributed by atoms with E-state index in [9.17, 15) is 0 Å². The Morgan fingerprint density at radius 2 is 0.727 bits per heavy atom. The molecule has 55 valence electrons. The van der Waals surface area contributed by atoms with E-state index in [1.165, 1.54) is 0 Å². The van der Waals surface area contributed by atoms with Gasteiger partial charge in [-0.3, -0.25) is 0 Å². The quantitative estimate of drug-likeness (QED) is 0.393. The van der Waals surface area contributed by atoms with Crippen LogP contribution in [0.5, 0.6) is 0 Å². The number of rotatable bonds is 0. The molecule has 11 heteroatoms. The molecule has 6 nitrogen and oxygen atoms in total. The SMILES string of the molecule is [Ba+2].[Mn].[O]=[Al][O-].[O]=[Al][O-].[O]=[Al][O-]. The second-order valence-electron chi connectivity index (χ2n) is 0.289. The van der Waals surface area contributed by atoms with Gasteiger partial charge in [-0.1, -0.05) is 0 Å². The molecule has 0 atom stereocenters. The molecule has 0 saturated carbocycles. The first kappa shape index (κ1) is 29.2. The van der Waals surface area contributed by atoms with Crippen LogP contribution in [-0.2, 0) is 28.5 Å². The Morgan fingerprint density at radius 1 is 0.727 bits per heavy atom. The first-order chi connectivity index (χ1) is 4.24. The van der Waals surface area contributed by atoms with E-state index in [1.807, 2.05) is 0 Å². The van der Waals surface area contributed by atoms with Crippen LogP contribution in [0.3, 0.4) is 0 Å². The molecule has 0 bridgehead atoms. The van der Waals surface area contributed by atoms with Crippen molar-refractivity contribution in [2.24, 2.45) is 0 Å². The van der Waals surface area contributed by atoms with Crippen LogP contribution in [0.2, 0.25) is 0 Å². The van der Waals surface area contributed by atoms with E-state index in [0.29, 0.717) is 0 Å². The molecule has 0 unspecified atom stereocenters. The topological polar surface area (TPSA) is 120 Å². The first-order valence-corrected chi connectivity index (χ1v) is 4.24. The molecule has 0 aliphatic carbocycles. The van der Waals surface area contributed by atoms with Crippen molar-refractivity contribution in [1.82, 2.24) is 0 Å². The van der Waals surface area contributed by atoms with Crippen LogP contribution in [0.4, 0.5) is 0 Å². The summed E-state index contributed by atoms with van der Waals surface area (Å²) in [6, 6.07) is 0. The van der Waals surface area contributed by atoms with Gasteiger partial charge in [-0.25, -0.2) is 0 Å². The zero-order valence-electron chi connectivity index (χ0n) is 5.27. The average molecular weight is 369 g/mol. The van der Waals surface area contributed by atoms with Gasteiger partial charge in [-0.05, 0) is 0 Å². The number of hydrogen-bond acceptors (Lipinski definition) is 6. The Kier molecular flexibility index (Phi) is 145. The summed E-state index contributed by atoms with van der Waals surface area (Å²) in [5, 5.41) is 0. The minimum absolute atomic E-state index is 0. The van der Waals surface area contributed by atoms with Gasteiger partial charge < -0.3 is 0 Å². The summed E-state index contributed by atoms with van der Waals surface area (Å²) in [7, 11) is 0. The van der Waals surface area contributed by atoms with Crippen molar-refractivity contribution in [3.8, 4) is 0 Å². The molecule has 0 rings (SSSR count). The molecular formula is Al3BaMnO6-. The molecule has 0 saturated heterocycles. The van der Waals surface area contributed by atoms with E-state index in [4.69, 9.17) is 23.9 Å². The van der Waals surface area contributed by atoms with Crippen molar-refractivity contribution in [3.63, 3.8) is 0 Å². The van der Waals surface area contributed by atoms with Crippen molar-refractivity contribution in [2.45, 2.75) is 0 Å². The first-order valence-electron chi connectivity index (χ1n) is 1.41. The maximum absolute atomic E-state index is 8.46. The molecule has 0 heterocycles. The molecule has 0 spiro atoms. The van der Waals surface area contributed by atoms with E-state index in [2.05, 4.69) is 0 Å². The Balaban J connectivity index is -0.0000000150. The fourth-order valence-corrected chi connectivity index (χ4v) is 0. The molecular weight excluding hydrogens is 369 g/mol. The van der Waals surface area contributed by atoms with Crippen molar-refractivity contribution < 1.29 is 41.0 Å². The van der Waals surface area contributed by atoms with Gasteiger partial charge in [0.05, 0.1) is 0 Å². The van der Waals surface area contributed by atoms with Gasteiger partial charge in [0.1, 0.15) is 0 Å². The minimum atomic E-state index is -1.75. The van der Waals surface area contributed by atoms with E-state index in [0.717, 1.165) is 0 Å². The summed E-state index contributed by atoms with van der Waals surface area (Å²) < 4.78 is 50.8. The second kappa shape index (κ2) is 54.7. The predicted molar refractivity (Wildman–Crippen MR) is 25.1 cm³/mol. The standard InChI is InChI=1S/3Al.Ba.Mn.6O/q;;;+2;;;;;3*-1. The van der Waals surface area contributed by atoms with E-state index in [1.54, 1.807) is 0 Å². The fourth-order valence-electron chi connectivity index (χ4n) is 0. The van der Waals surface area contributed by atoms with Crippen molar-refractivity contribution in [1.29, 1.82) is 0 Å². The van der Waals surface area contributed by atoms with Crippen molar-refractivity contribution in [3.05, 3.63) is 0 Å². The zero-order chi connectivity index (χ0) is 8.12. The summed E-state index contributed by atoms with van der Waals surface area (Å²) in [4.78, 5) is 0. The summed E-state index contributed by atoms with van der Waals surface area (Å²) in [6.45, 7) is 0. The van der Waals surface area contributed by atoms with Crippen LogP contribution in [0, 0.1) is 0 Å². The second-order valence-corrected chi connectivity index (χ2v) is 0.866. The van der Waals surface area contributed by atoms with Crippen LogP contribution >= 0.6 is 0 Å². The third kappa shape index (κ3) is 222. The van der Waals surface area contributed by atoms with E-state index in [-0.39, 0.29) is 65.9 Å². The Labute approximate surface area is 133 Å². The predicted octanol–water partition coefficient (Wildman–Crippen LogP) is -5.45. The molecule has 0 aromatic heterocycles. The summed E-state index contributed by atoms with van der Waals surface area (Å²) in [5.41, 5.74) is 0. The van der Waals surface area contributed by atoms with Crippen molar-refractivity contribution >= 4 is 95.3 Å². The third-order valence-corrected chi connectivity index (χ3v) is 0. The zero-order valence-corrected chi connectivity index (χ0v) is 14.4. The van der Waals surface area contributed by atoms with Gasteiger partial charge in [0, 0.05) is 17.1 Å². The van der Waals surface area contributed by atoms with E-state index >= 15 is 0 Å². The van der Waals surface area contributed by atoms with Gasteiger partial charge in [0.2, 0.25) is 0 Å². The maximum atomic E-state index is 8.46. The normalized spacial score (nSPS) is 2.18. The third-order valence-electron chi connectivity index (χ3n) is 0. The summed E-state index contributed by atoms with van der Waals surface area (Å²) in [5.74, 6) is 0. The van der Waals surface area contributed by atoms with Crippen LogP contribution in [0.15, 0.2) is 0 Å². The van der Waals surface area contributed by atoms with Gasteiger partial charge in [0.25, 0.3) is 0 Å². The van der Waals surface area contributed by atoms with E-state index < -0.39 is 46.5 Å². The molecule has 0 aliphatic heterocycles. The van der Waals surface area contributed by atoms with Gasteiger partial charge in [-0.15, -0.1) is 0 Å². The van der Waals surface area contributed by atoms with Gasteiger partial charge >= 0.3 is 119 Å². The summed E-state index contributed by atoms with van der Waals surface area (Å²) in [6.07, 6.45) is 0. The van der Waals surface area contributed by atoms with Gasteiger partial charge in [-0.2, -0.15) is 0 Å². The molecule has 0 N–H and O–H groups in total. The number of hydrogen-bond donors (Lipinski definition) is 0. The molecule has 0 fully saturated rings. The molecule has 0 aromatic rings. The van der Waals surface area contributed by atoms with Crippen LogP contribution in [0.1, 0.15) is 0 Å². The Bertz CT molecular complexity index is 54.6. The molecule has 1 radical (unpaired) electrons. The van der Waals surface area contributed by atoms with Crippen LogP contribution in [-0.4, -0.2) is 95.3 Å². The molecule has 11 heavy (non-hydrogen) atoms.